The van der Waals surface area contributed by atoms with Gasteiger partial charge in [-0.3, -0.25) is 14.5 Å². The Balaban J connectivity index is 1.50. The summed E-state index contributed by atoms with van der Waals surface area (Å²) < 4.78 is 1.74. The number of fused-ring (bicyclic) bond motifs is 3. The molecule has 0 radical (unpaired) electrons. The first kappa shape index (κ1) is 30.2. The van der Waals surface area contributed by atoms with Crippen LogP contribution in [0.1, 0.15) is 96.7 Å². The van der Waals surface area contributed by atoms with Crippen LogP contribution in [0.3, 0.4) is 0 Å². The van der Waals surface area contributed by atoms with Crippen LogP contribution in [-0.4, -0.2) is 61.9 Å². The number of likely N-dealkylation sites (tertiary alicyclic amines) is 1. The summed E-state index contributed by atoms with van der Waals surface area (Å²) in [6, 6.07) is 8.18. The average molecular weight is 580 g/mol. The number of aliphatic carboxylic acids is 1. The molecule has 6 atom stereocenters. The lowest BCUT2D eigenvalue weighted by Gasteiger charge is -2.49. The summed E-state index contributed by atoms with van der Waals surface area (Å²) in [6.07, 6.45) is 10.6. The van der Waals surface area contributed by atoms with Gasteiger partial charge in [0, 0.05) is 30.6 Å². The van der Waals surface area contributed by atoms with Gasteiger partial charge in [-0.2, -0.15) is 0 Å². The largest absolute Gasteiger partial charge is 0.476 e. The van der Waals surface area contributed by atoms with Crippen LogP contribution < -0.4 is 11.3 Å². The first-order valence-electron chi connectivity index (χ1n) is 15.7. The number of rotatable bonds is 10. The molecule has 1 amide bonds. The second kappa shape index (κ2) is 12.9. The molecule has 2 aliphatic carbocycles. The van der Waals surface area contributed by atoms with Crippen molar-refractivity contribution in [3.05, 3.63) is 40.3 Å². The molecule has 1 aromatic heterocycles. The molecule has 1 aliphatic heterocycles. The maximum absolute atomic E-state index is 14.1. The highest BCUT2D eigenvalue weighted by Gasteiger charge is 2.40. The Hall–Kier alpha value is -3.27. The van der Waals surface area contributed by atoms with Crippen LogP contribution in [0.15, 0.2) is 34.2 Å². The number of piperidine rings is 1. The minimum atomic E-state index is -1.46. The molecule has 228 valence electrons. The first-order valence-corrected chi connectivity index (χ1v) is 15.7. The van der Waals surface area contributed by atoms with Gasteiger partial charge in [-0.15, -0.1) is 0 Å². The van der Waals surface area contributed by atoms with Gasteiger partial charge in [0.25, 0.3) is 11.5 Å². The number of oxime groups is 1. The third-order valence-electron chi connectivity index (χ3n) is 9.66. The summed E-state index contributed by atoms with van der Waals surface area (Å²) in [5.74, 6) is -0.880. The number of amides is 1. The molecule has 0 spiro atoms. The molecular formula is C32H45N5O5. The topological polar surface area (TPSA) is 140 Å². The summed E-state index contributed by atoms with van der Waals surface area (Å²) >= 11 is 0. The van der Waals surface area contributed by atoms with Crippen LogP contribution in [0, 0.1) is 17.8 Å². The van der Waals surface area contributed by atoms with Crippen LogP contribution >= 0.6 is 0 Å². The van der Waals surface area contributed by atoms with E-state index in [4.69, 9.17) is 10.6 Å². The number of hydrogen-bond donors (Lipinski definition) is 2. The zero-order valence-electron chi connectivity index (χ0n) is 25.1. The second-order valence-corrected chi connectivity index (χ2v) is 12.9. The molecule has 2 bridgehead atoms. The number of primary amides is 1. The van der Waals surface area contributed by atoms with Crippen molar-refractivity contribution in [3.63, 3.8) is 0 Å². The number of aromatic nitrogens is 2. The van der Waals surface area contributed by atoms with Crippen molar-refractivity contribution < 1.29 is 19.5 Å². The smallest absolute Gasteiger partial charge is 0.360 e. The number of carboxylic acids is 1. The van der Waals surface area contributed by atoms with Gasteiger partial charge in [0.2, 0.25) is 11.8 Å². The Kier molecular flexibility index (Phi) is 9.30. The fourth-order valence-corrected chi connectivity index (χ4v) is 7.81. The lowest BCUT2D eigenvalue weighted by molar-refractivity contribution is -0.134. The average Bonchev–Trinajstić information content (AvgIpc) is 2.94. The number of nitrogens with zero attached hydrogens (tertiary/aromatic N) is 4. The van der Waals surface area contributed by atoms with Crippen LogP contribution in [-0.2, 0) is 14.4 Å². The van der Waals surface area contributed by atoms with Crippen molar-refractivity contribution >= 4 is 28.6 Å². The van der Waals surface area contributed by atoms with Gasteiger partial charge in [-0.05, 0) is 62.5 Å². The van der Waals surface area contributed by atoms with Gasteiger partial charge in [-0.25, -0.2) is 9.78 Å². The molecule has 1 aromatic carbocycles. The zero-order chi connectivity index (χ0) is 30.0. The number of nitrogens with two attached hydrogens (primary N) is 1. The number of carboxylic acid groups (broad SMARTS) is 1. The summed E-state index contributed by atoms with van der Waals surface area (Å²) in [7, 11) is 0. The van der Waals surface area contributed by atoms with E-state index in [0.29, 0.717) is 23.1 Å². The predicted molar refractivity (Wildman–Crippen MR) is 161 cm³/mol. The molecule has 10 heteroatoms. The molecule has 3 aliphatic rings. The molecule has 2 heterocycles. The van der Waals surface area contributed by atoms with Crippen molar-refractivity contribution in [2.45, 2.75) is 109 Å². The van der Waals surface area contributed by atoms with Crippen molar-refractivity contribution in [2.75, 3.05) is 6.54 Å². The fourth-order valence-electron chi connectivity index (χ4n) is 7.81. The van der Waals surface area contributed by atoms with E-state index in [1.807, 2.05) is 18.2 Å². The molecule has 2 aromatic rings. The molecule has 42 heavy (non-hydrogen) atoms. The number of para-hydroxylation sites is 2. The minimum Gasteiger partial charge on any atom is -0.476 e. The van der Waals surface area contributed by atoms with Gasteiger partial charge in [0.15, 0.2) is 5.69 Å². The molecule has 3 N–H and O–H groups in total. The SMILES string of the molecule is CCC[C@@H]1C[C@H](n2c(=O)c(/C(=N/OC(C(N)=O)C(C)C)C(=O)O)nc3ccccc32)CCN1[C@H]1C[C@@H]2CCC[C@@H](C2)C1. The van der Waals surface area contributed by atoms with Crippen molar-refractivity contribution in [1.29, 1.82) is 0 Å². The van der Waals surface area contributed by atoms with Crippen LogP contribution in [0.2, 0.25) is 0 Å². The van der Waals surface area contributed by atoms with Gasteiger partial charge in [0.1, 0.15) is 0 Å². The van der Waals surface area contributed by atoms with Crippen molar-refractivity contribution in [3.8, 4) is 0 Å². The van der Waals surface area contributed by atoms with E-state index >= 15 is 0 Å². The molecule has 2 saturated carbocycles. The third kappa shape index (κ3) is 6.23. The van der Waals surface area contributed by atoms with E-state index in [9.17, 15) is 19.5 Å². The molecule has 5 rings (SSSR count). The normalized spacial score (nSPS) is 27.6. The highest BCUT2D eigenvalue weighted by molar-refractivity contribution is 6.41. The second-order valence-electron chi connectivity index (χ2n) is 12.9. The van der Waals surface area contributed by atoms with E-state index in [1.54, 1.807) is 24.5 Å². The molecule has 1 unspecified atom stereocenters. The summed E-state index contributed by atoms with van der Waals surface area (Å²) in [4.78, 5) is 50.8. The van der Waals surface area contributed by atoms with Gasteiger partial charge in [0.05, 0.1) is 11.0 Å². The number of hydrogen-bond acceptors (Lipinski definition) is 7. The molecule has 1 saturated heterocycles. The summed E-state index contributed by atoms with van der Waals surface area (Å²) in [5, 5.41) is 13.8. The Morgan fingerprint density at radius 1 is 1.10 bits per heavy atom. The van der Waals surface area contributed by atoms with E-state index in [0.717, 1.165) is 44.1 Å². The van der Waals surface area contributed by atoms with Gasteiger partial charge >= 0.3 is 5.97 Å². The Morgan fingerprint density at radius 3 is 2.45 bits per heavy atom. The van der Waals surface area contributed by atoms with E-state index < -0.39 is 29.3 Å². The lowest BCUT2D eigenvalue weighted by Crippen LogP contribution is -2.52. The number of carbonyl (C=O) groups excluding carboxylic acids is 1. The van der Waals surface area contributed by atoms with E-state index in [2.05, 4.69) is 22.0 Å². The standard InChI is InChI=1S/C32H45N5O5/c1-4-8-22-18-23(13-14-36(22)24-16-20-9-7-10-21(15-20)17-24)37-26-12-6-5-11-25(26)34-27(31(37)39)28(32(40)41)35-42-29(19(2)3)30(33)38/h5-6,11-12,19-24,29H,4,7-10,13-18H2,1-3H3,(H2,33,38)(H,40,41)/b35-28-/t20-,21+,22-,23-,24+,29?/m1/s1. The number of benzene rings is 1. The third-order valence-corrected chi connectivity index (χ3v) is 9.66. The van der Waals surface area contributed by atoms with Crippen LogP contribution in [0.4, 0.5) is 0 Å². The Morgan fingerprint density at radius 2 is 1.81 bits per heavy atom. The molecule has 3 fully saturated rings. The monoisotopic (exact) mass is 579 g/mol. The fraction of sp³-hybridized carbons (Fsp3) is 0.656. The Bertz CT molecular complexity index is 1380. The number of carbonyl (C=O) groups is 2. The maximum Gasteiger partial charge on any atom is 0.360 e. The van der Waals surface area contributed by atoms with E-state index in [1.165, 1.54) is 38.5 Å². The van der Waals surface area contributed by atoms with E-state index in [-0.39, 0.29) is 17.7 Å². The van der Waals surface area contributed by atoms with Crippen LogP contribution in [0.5, 0.6) is 0 Å². The van der Waals surface area contributed by atoms with Crippen molar-refractivity contribution in [2.24, 2.45) is 28.6 Å². The quantitative estimate of drug-likeness (QED) is 0.312. The lowest BCUT2D eigenvalue weighted by atomic mass is 9.69. The molecular weight excluding hydrogens is 534 g/mol. The highest BCUT2D eigenvalue weighted by atomic mass is 16.6. The molecule has 10 nitrogen and oxygen atoms in total. The van der Waals surface area contributed by atoms with Crippen LogP contribution in [0.25, 0.3) is 11.0 Å². The summed E-state index contributed by atoms with van der Waals surface area (Å²) in [5.41, 5.74) is 5.16. The van der Waals surface area contributed by atoms with Gasteiger partial charge in [-0.1, -0.05) is 63.7 Å². The summed E-state index contributed by atoms with van der Waals surface area (Å²) in [6.45, 7) is 6.56. The maximum atomic E-state index is 14.1. The first-order chi connectivity index (χ1) is 20.2. The predicted octanol–water partition coefficient (Wildman–Crippen LogP) is 4.49. The zero-order valence-corrected chi connectivity index (χ0v) is 25.1. The van der Waals surface area contributed by atoms with Crippen molar-refractivity contribution in [1.82, 2.24) is 14.5 Å². The van der Waals surface area contributed by atoms with Gasteiger partial charge < -0.3 is 20.2 Å². The minimum absolute atomic E-state index is 0.106. The highest BCUT2D eigenvalue weighted by Crippen LogP contribution is 2.44. The Labute approximate surface area is 247 Å².